The minimum Gasteiger partial charge on any atom is -0.453 e. The summed E-state index contributed by atoms with van der Waals surface area (Å²) in [5, 5.41) is 12.3. The van der Waals surface area contributed by atoms with Gasteiger partial charge in [-0.1, -0.05) is 90.6 Å². The van der Waals surface area contributed by atoms with E-state index in [4.69, 9.17) is 19.2 Å². The number of para-hydroxylation sites is 1. The van der Waals surface area contributed by atoms with Crippen LogP contribution in [0.25, 0.3) is 21.3 Å². The number of esters is 1. The lowest BCUT2D eigenvalue weighted by Crippen LogP contribution is -2.35. The zero-order valence-corrected chi connectivity index (χ0v) is 27.8. The Hall–Kier alpha value is -4.06. The largest absolute Gasteiger partial charge is 0.453 e. The van der Waals surface area contributed by atoms with Crippen molar-refractivity contribution in [1.29, 1.82) is 0 Å². The molecule has 6 rings (SSSR count). The summed E-state index contributed by atoms with van der Waals surface area (Å²) >= 11 is 3.40. The molecule has 47 heavy (non-hydrogen) atoms. The van der Waals surface area contributed by atoms with Gasteiger partial charge in [-0.15, -0.1) is 11.3 Å². The predicted octanol–water partition coefficient (Wildman–Crippen LogP) is 7.36. The van der Waals surface area contributed by atoms with E-state index in [-0.39, 0.29) is 24.7 Å². The van der Waals surface area contributed by atoms with Crippen LogP contribution in [-0.4, -0.2) is 39.9 Å². The molecule has 1 fully saturated rings. The van der Waals surface area contributed by atoms with Crippen LogP contribution in [0, 0.1) is 0 Å². The Balaban J connectivity index is 1.15. The van der Waals surface area contributed by atoms with E-state index in [2.05, 4.69) is 11.4 Å². The topological polar surface area (TPSA) is 107 Å². The molecule has 0 saturated carbocycles. The molecule has 0 spiro atoms. The van der Waals surface area contributed by atoms with Gasteiger partial charge in [0.2, 0.25) is 0 Å². The lowest BCUT2D eigenvalue weighted by molar-refractivity contribution is -0.245. The lowest BCUT2D eigenvalue weighted by atomic mass is 9.99. The molecular formula is C37H36N2O6S2. The maximum Gasteiger partial charge on any atom is 0.303 e. The molecule has 2 heterocycles. The highest BCUT2D eigenvalue weighted by Crippen LogP contribution is 2.40. The van der Waals surface area contributed by atoms with Gasteiger partial charge in [-0.25, -0.2) is 4.98 Å². The number of rotatable bonds is 11. The number of nitrogens with one attached hydrogen (secondary N) is 1. The van der Waals surface area contributed by atoms with Crippen LogP contribution < -0.4 is 5.32 Å². The summed E-state index contributed by atoms with van der Waals surface area (Å²) in [6.45, 7) is 3.15. The first-order valence-electron chi connectivity index (χ1n) is 15.5. The Morgan fingerprint density at radius 3 is 2.47 bits per heavy atom. The summed E-state index contributed by atoms with van der Waals surface area (Å²) in [6.07, 6.45) is -0.936. The average molecular weight is 669 g/mol. The first kappa shape index (κ1) is 32.9. The Labute approximate surface area is 282 Å². The van der Waals surface area contributed by atoms with E-state index in [0.29, 0.717) is 13.0 Å². The Morgan fingerprint density at radius 2 is 1.72 bits per heavy atom. The molecule has 4 aromatic carbocycles. The number of hydrogen-bond acceptors (Lipinski definition) is 9. The van der Waals surface area contributed by atoms with Gasteiger partial charge in [0, 0.05) is 31.2 Å². The van der Waals surface area contributed by atoms with Crippen molar-refractivity contribution in [3.05, 3.63) is 119 Å². The zero-order valence-electron chi connectivity index (χ0n) is 26.1. The van der Waals surface area contributed by atoms with Crippen LogP contribution in [0.2, 0.25) is 0 Å². The minimum absolute atomic E-state index is 0.00183. The number of thioether (sulfide) groups is 1. The van der Waals surface area contributed by atoms with E-state index >= 15 is 0 Å². The standard InChI is InChI=1S/C37H36N2O6S2/c1-23(43-24(2)41)35(42)38-20-26-6-5-7-30(18-26)27-14-16-29(17-15-27)36-44-31(19-33(45-36)28-12-10-25(21-40)11-13-28)22-46-37-39-32-8-3-4-9-34(32)47-37/h3-18,23,31,33,36,40H,19-22H2,1-2H3,(H,38,42). The van der Waals surface area contributed by atoms with Crippen LogP contribution in [0.3, 0.4) is 0 Å². The predicted molar refractivity (Wildman–Crippen MR) is 184 cm³/mol. The summed E-state index contributed by atoms with van der Waals surface area (Å²) in [4.78, 5) is 28.2. The van der Waals surface area contributed by atoms with Crippen molar-refractivity contribution in [2.45, 2.75) is 62.4 Å². The molecular weight excluding hydrogens is 633 g/mol. The fourth-order valence-corrected chi connectivity index (χ4v) is 7.54. The quantitative estimate of drug-likeness (QED) is 0.111. The van der Waals surface area contributed by atoms with Gasteiger partial charge in [-0.3, -0.25) is 9.59 Å². The molecule has 4 atom stereocenters. The number of benzene rings is 4. The maximum atomic E-state index is 12.3. The van der Waals surface area contributed by atoms with Gasteiger partial charge in [-0.2, -0.15) is 0 Å². The van der Waals surface area contributed by atoms with Gasteiger partial charge in [0.05, 0.1) is 29.0 Å². The summed E-state index contributed by atoms with van der Waals surface area (Å²) in [6, 6.07) is 32.2. The average Bonchev–Trinajstić information content (AvgIpc) is 3.53. The maximum absolute atomic E-state index is 12.3. The molecule has 4 unspecified atom stereocenters. The summed E-state index contributed by atoms with van der Waals surface area (Å²) in [5.41, 5.74) is 6.80. The van der Waals surface area contributed by atoms with E-state index in [0.717, 1.165) is 49.0 Å². The van der Waals surface area contributed by atoms with Crippen LogP contribution in [0.1, 0.15) is 54.9 Å². The first-order chi connectivity index (χ1) is 22.8. The van der Waals surface area contributed by atoms with E-state index in [9.17, 15) is 14.7 Å². The molecule has 2 N–H and O–H groups in total. The van der Waals surface area contributed by atoms with Crippen LogP contribution in [-0.2, 0) is 37.0 Å². The number of nitrogens with zero attached hydrogens (tertiary/aromatic N) is 1. The lowest BCUT2D eigenvalue weighted by Gasteiger charge is -2.36. The van der Waals surface area contributed by atoms with E-state index < -0.39 is 18.4 Å². The molecule has 1 saturated heterocycles. The van der Waals surface area contributed by atoms with E-state index in [1.165, 1.54) is 11.6 Å². The molecule has 0 radical (unpaired) electrons. The normalized spacial score (nSPS) is 18.5. The number of hydrogen-bond donors (Lipinski definition) is 2. The summed E-state index contributed by atoms with van der Waals surface area (Å²) in [5.74, 6) is -0.0958. The second-order valence-corrected chi connectivity index (χ2v) is 13.7. The second kappa shape index (κ2) is 15.2. The number of aliphatic hydroxyl groups is 1. The van der Waals surface area contributed by atoms with Crippen molar-refractivity contribution in [3.8, 4) is 11.1 Å². The number of ether oxygens (including phenoxy) is 3. The third-order valence-electron chi connectivity index (χ3n) is 7.90. The third-order valence-corrected chi connectivity index (χ3v) is 10.2. The zero-order chi connectivity index (χ0) is 32.8. The fourth-order valence-electron chi connectivity index (χ4n) is 5.43. The molecule has 5 aromatic rings. The van der Waals surface area contributed by atoms with E-state index in [1.807, 2.05) is 91.0 Å². The highest BCUT2D eigenvalue weighted by molar-refractivity contribution is 8.01. The van der Waals surface area contributed by atoms with Crippen LogP contribution in [0.15, 0.2) is 101 Å². The fraction of sp³-hybridized carbons (Fsp3) is 0.270. The molecule has 0 bridgehead atoms. The minimum atomic E-state index is -0.849. The van der Waals surface area contributed by atoms with Gasteiger partial charge in [-0.05, 0) is 52.9 Å². The number of aromatic nitrogens is 1. The summed E-state index contributed by atoms with van der Waals surface area (Å²) in [7, 11) is 0. The van der Waals surface area contributed by atoms with Crippen LogP contribution in [0.4, 0.5) is 0 Å². The number of carbonyl (C=O) groups is 2. The Morgan fingerprint density at radius 1 is 0.957 bits per heavy atom. The van der Waals surface area contributed by atoms with Gasteiger partial charge in [0.25, 0.3) is 5.91 Å². The number of aliphatic hydroxyl groups excluding tert-OH is 1. The first-order valence-corrected chi connectivity index (χ1v) is 17.3. The van der Waals surface area contributed by atoms with Crippen molar-refractivity contribution in [3.63, 3.8) is 0 Å². The molecule has 1 aromatic heterocycles. The van der Waals surface area contributed by atoms with Crippen molar-refractivity contribution < 1.29 is 28.9 Å². The van der Waals surface area contributed by atoms with E-state index in [1.54, 1.807) is 30.0 Å². The van der Waals surface area contributed by atoms with Crippen molar-refractivity contribution in [2.75, 3.05) is 5.75 Å². The number of fused-ring (bicyclic) bond motifs is 1. The molecule has 8 nitrogen and oxygen atoms in total. The van der Waals surface area contributed by atoms with Gasteiger partial charge in [0.15, 0.2) is 16.7 Å². The molecule has 242 valence electrons. The van der Waals surface area contributed by atoms with Gasteiger partial charge < -0.3 is 24.6 Å². The van der Waals surface area contributed by atoms with Crippen molar-refractivity contribution >= 4 is 45.2 Å². The smallest absolute Gasteiger partial charge is 0.303 e. The molecule has 1 aliphatic rings. The van der Waals surface area contributed by atoms with Crippen LogP contribution >= 0.6 is 23.1 Å². The summed E-state index contributed by atoms with van der Waals surface area (Å²) < 4.78 is 20.3. The molecule has 1 amide bonds. The van der Waals surface area contributed by atoms with Crippen molar-refractivity contribution in [1.82, 2.24) is 10.3 Å². The monoisotopic (exact) mass is 668 g/mol. The molecule has 1 aliphatic heterocycles. The SMILES string of the molecule is CC(=O)OC(C)C(=O)NCc1cccc(-c2ccc(C3OC(CSc4nc5ccccc5s4)CC(c4ccc(CO)cc4)O3)cc2)c1. The molecule has 0 aliphatic carbocycles. The Kier molecular flexibility index (Phi) is 10.6. The molecule has 10 heteroatoms. The van der Waals surface area contributed by atoms with Gasteiger partial charge >= 0.3 is 5.97 Å². The highest BCUT2D eigenvalue weighted by Gasteiger charge is 2.32. The number of amides is 1. The van der Waals surface area contributed by atoms with Crippen molar-refractivity contribution in [2.24, 2.45) is 0 Å². The Bertz CT molecular complexity index is 1790. The number of carbonyl (C=O) groups excluding carboxylic acids is 2. The third kappa shape index (κ3) is 8.46. The highest BCUT2D eigenvalue weighted by atomic mass is 32.2. The van der Waals surface area contributed by atoms with Gasteiger partial charge in [0.1, 0.15) is 0 Å². The van der Waals surface area contributed by atoms with Crippen LogP contribution in [0.5, 0.6) is 0 Å². The number of thiazole rings is 1. The second-order valence-electron chi connectivity index (χ2n) is 11.4.